The highest BCUT2D eigenvalue weighted by Gasteiger charge is 2.12. The van der Waals surface area contributed by atoms with Crippen molar-refractivity contribution in [2.75, 3.05) is 7.11 Å². The average Bonchev–Trinajstić information content (AvgIpc) is 2.81. The van der Waals surface area contributed by atoms with E-state index in [1.807, 2.05) is 13.8 Å². The lowest BCUT2D eigenvalue weighted by atomic mass is 10.1. The molecule has 0 fully saturated rings. The molecule has 184 valence electrons. The zero-order valence-electron chi connectivity index (χ0n) is 20.8. The van der Waals surface area contributed by atoms with Gasteiger partial charge in [0.2, 0.25) is 11.8 Å². The van der Waals surface area contributed by atoms with Crippen LogP contribution in [0.1, 0.15) is 91.0 Å². The zero-order chi connectivity index (χ0) is 25.0. The van der Waals surface area contributed by atoms with Crippen LogP contribution in [-0.2, 0) is 16.0 Å². The molecule has 32 heavy (non-hydrogen) atoms. The summed E-state index contributed by atoms with van der Waals surface area (Å²) in [6, 6.07) is 10.1. The first-order valence-electron chi connectivity index (χ1n) is 11.7. The van der Waals surface area contributed by atoms with E-state index >= 15 is 0 Å². The first-order valence-corrected chi connectivity index (χ1v) is 12.2. The van der Waals surface area contributed by atoms with Crippen molar-refractivity contribution in [1.82, 2.24) is 5.32 Å². The maximum atomic E-state index is 11.6. The lowest BCUT2D eigenvalue weighted by Gasteiger charge is -2.11. The molecule has 0 saturated heterocycles. The third-order valence-electron chi connectivity index (χ3n) is 4.15. The molecule has 1 aromatic carbocycles. The number of aliphatic hydroxyl groups excluding tert-OH is 1. The standard InChI is InChI=1S/C13H22N2O2S.C10H14.C2H6.CH4O/c1-2-3-4-5-6-7-13(17)15-11(8-9-18)10-12(14)16;1-2-3-7-10-8-5-4-6-9-10;2*1-2/h11,18H,2-7,10H2,1H3,(H2,14,16)(H,15,17);4-6,8-9H,2-3,7H2,1H3;1-2H3;2H,1H3. The number of nitrogens with one attached hydrogen (secondary N) is 1. The summed E-state index contributed by atoms with van der Waals surface area (Å²) in [7, 11) is 1.00. The normalized spacial score (nSPS) is 9.72. The Labute approximate surface area is 202 Å². The molecule has 0 aliphatic heterocycles. The summed E-state index contributed by atoms with van der Waals surface area (Å²) in [6.45, 7) is 8.38. The van der Waals surface area contributed by atoms with Crippen molar-refractivity contribution in [1.29, 1.82) is 0 Å². The number of aliphatic hydroxyl groups is 1. The molecular weight excluding hydrogens is 420 g/mol. The third-order valence-corrected chi connectivity index (χ3v) is 4.28. The highest BCUT2D eigenvalue weighted by atomic mass is 32.1. The van der Waals surface area contributed by atoms with Crippen LogP contribution in [0.15, 0.2) is 30.3 Å². The molecule has 4 N–H and O–H groups in total. The summed E-state index contributed by atoms with van der Waals surface area (Å²) in [4.78, 5) is 22.4. The van der Waals surface area contributed by atoms with Crippen LogP contribution in [0.5, 0.6) is 0 Å². The van der Waals surface area contributed by atoms with Gasteiger partial charge in [0, 0.05) is 13.5 Å². The molecule has 1 rings (SSSR count). The molecule has 0 aliphatic rings. The van der Waals surface area contributed by atoms with Crippen LogP contribution in [0.2, 0.25) is 0 Å². The van der Waals surface area contributed by atoms with E-state index in [0.29, 0.717) is 6.42 Å². The zero-order valence-corrected chi connectivity index (χ0v) is 21.7. The van der Waals surface area contributed by atoms with Crippen LogP contribution >= 0.6 is 12.6 Å². The number of thiol groups is 1. The minimum absolute atomic E-state index is 0.0230. The Kier molecular flexibility index (Phi) is 31.4. The summed E-state index contributed by atoms with van der Waals surface area (Å²) in [6.07, 6.45) is 9.79. The number of benzene rings is 1. The monoisotopic (exact) mass is 466 g/mol. The SMILES string of the molecule is CC.CCCCCCCC(=O)NC(C#CS)CC(N)=O.CCCCc1ccccc1.CO. The Morgan fingerprint density at radius 3 is 2.06 bits per heavy atom. The fourth-order valence-electron chi connectivity index (χ4n) is 2.60. The number of primary amides is 1. The number of rotatable bonds is 12. The summed E-state index contributed by atoms with van der Waals surface area (Å²) in [5, 5.41) is 12.1. The molecule has 1 unspecified atom stereocenters. The number of carbonyl (C=O) groups is 2. The number of hydrogen-bond acceptors (Lipinski definition) is 4. The molecule has 0 heterocycles. The molecule has 0 saturated carbocycles. The van der Waals surface area contributed by atoms with Crippen LogP contribution in [0.3, 0.4) is 0 Å². The molecule has 0 radical (unpaired) electrons. The van der Waals surface area contributed by atoms with Gasteiger partial charge in [0.1, 0.15) is 0 Å². The van der Waals surface area contributed by atoms with Gasteiger partial charge in [0.25, 0.3) is 0 Å². The molecule has 0 bridgehead atoms. The summed E-state index contributed by atoms with van der Waals surface area (Å²) in [5.41, 5.74) is 6.53. The van der Waals surface area contributed by atoms with Gasteiger partial charge < -0.3 is 16.2 Å². The molecule has 0 aromatic heterocycles. The average molecular weight is 467 g/mol. The van der Waals surface area contributed by atoms with Crippen LogP contribution in [-0.4, -0.2) is 30.1 Å². The number of carbonyl (C=O) groups excluding carboxylic acids is 2. The molecule has 2 amide bonds. The van der Waals surface area contributed by atoms with Crippen LogP contribution in [0, 0.1) is 11.2 Å². The first-order chi connectivity index (χ1) is 15.5. The molecule has 5 nitrogen and oxygen atoms in total. The number of unbranched alkanes of at least 4 members (excludes halogenated alkanes) is 5. The maximum Gasteiger partial charge on any atom is 0.220 e. The number of amides is 2. The number of nitrogens with two attached hydrogens (primary N) is 1. The predicted molar refractivity (Wildman–Crippen MR) is 140 cm³/mol. The second-order valence-electron chi connectivity index (χ2n) is 6.80. The molecule has 0 aliphatic carbocycles. The highest BCUT2D eigenvalue weighted by molar-refractivity contribution is 7.85. The van der Waals surface area contributed by atoms with Crippen LogP contribution < -0.4 is 11.1 Å². The van der Waals surface area contributed by atoms with E-state index in [1.54, 1.807) is 0 Å². The Balaban J connectivity index is -0.000000503. The fourth-order valence-corrected chi connectivity index (χ4v) is 2.75. The largest absolute Gasteiger partial charge is 0.400 e. The van der Waals surface area contributed by atoms with Gasteiger partial charge in [-0.1, -0.05) is 109 Å². The lowest BCUT2D eigenvalue weighted by molar-refractivity contribution is -0.122. The van der Waals surface area contributed by atoms with Crippen molar-refractivity contribution < 1.29 is 14.7 Å². The van der Waals surface area contributed by atoms with Gasteiger partial charge in [-0.15, -0.1) is 0 Å². The van der Waals surface area contributed by atoms with E-state index in [9.17, 15) is 9.59 Å². The lowest BCUT2D eigenvalue weighted by Crippen LogP contribution is -2.36. The van der Waals surface area contributed by atoms with Crippen molar-refractivity contribution >= 4 is 24.4 Å². The molecule has 0 spiro atoms. The van der Waals surface area contributed by atoms with E-state index in [4.69, 9.17) is 10.8 Å². The van der Waals surface area contributed by atoms with Gasteiger partial charge in [-0.3, -0.25) is 9.59 Å². The minimum Gasteiger partial charge on any atom is -0.400 e. The van der Waals surface area contributed by atoms with Crippen LogP contribution in [0.4, 0.5) is 0 Å². The molecule has 1 atom stereocenters. The third kappa shape index (κ3) is 26.1. The Morgan fingerprint density at radius 2 is 1.56 bits per heavy atom. The Morgan fingerprint density at radius 1 is 1.00 bits per heavy atom. The van der Waals surface area contributed by atoms with E-state index in [1.165, 1.54) is 37.7 Å². The van der Waals surface area contributed by atoms with E-state index in [-0.39, 0.29) is 12.3 Å². The number of hydrogen-bond donors (Lipinski definition) is 4. The minimum atomic E-state index is -0.525. The summed E-state index contributed by atoms with van der Waals surface area (Å²) < 4.78 is 0. The van der Waals surface area contributed by atoms with Gasteiger partial charge in [-0.2, -0.15) is 0 Å². The topological polar surface area (TPSA) is 92.4 Å². The van der Waals surface area contributed by atoms with Crippen molar-refractivity contribution in [3.63, 3.8) is 0 Å². The maximum absolute atomic E-state index is 11.6. The van der Waals surface area contributed by atoms with Crippen molar-refractivity contribution in [3.8, 4) is 11.2 Å². The predicted octanol–water partition coefficient (Wildman–Crippen LogP) is 5.26. The van der Waals surface area contributed by atoms with Gasteiger partial charge in [0.05, 0.1) is 12.5 Å². The second kappa shape index (κ2) is 29.0. The molecular formula is C26H46N2O3S. The fraction of sp³-hybridized carbons (Fsp3) is 0.615. The quantitative estimate of drug-likeness (QED) is 0.192. The molecule has 1 aromatic rings. The van der Waals surface area contributed by atoms with Crippen LogP contribution in [0.25, 0.3) is 0 Å². The Bertz CT molecular complexity index is 598. The smallest absolute Gasteiger partial charge is 0.220 e. The molecule has 6 heteroatoms. The highest BCUT2D eigenvalue weighted by Crippen LogP contribution is 2.05. The van der Waals surface area contributed by atoms with Crippen molar-refractivity contribution in [2.24, 2.45) is 5.73 Å². The van der Waals surface area contributed by atoms with Gasteiger partial charge in [0.15, 0.2) is 0 Å². The Hall–Kier alpha value is -1.97. The van der Waals surface area contributed by atoms with Gasteiger partial charge >= 0.3 is 0 Å². The van der Waals surface area contributed by atoms with E-state index < -0.39 is 11.9 Å². The van der Waals surface area contributed by atoms with Gasteiger partial charge in [-0.25, -0.2) is 0 Å². The summed E-state index contributed by atoms with van der Waals surface area (Å²) in [5.74, 6) is 2.06. The van der Waals surface area contributed by atoms with E-state index in [0.717, 1.165) is 26.4 Å². The van der Waals surface area contributed by atoms with Gasteiger partial charge in [-0.05, 0) is 30.1 Å². The van der Waals surface area contributed by atoms with Crippen molar-refractivity contribution in [3.05, 3.63) is 35.9 Å². The van der Waals surface area contributed by atoms with Crippen molar-refractivity contribution in [2.45, 2.75) is 97.9 Å². The second-order valence-corrected chi connectivity index (χ2v) is 7.02. The first kappa shape index (κ1) is 34.6. The van der Waals surface area contributed by atoms with E-state index in [2.05, 4.69) is 73.3 Å². The number of aryl methyl sites for hydroxylation is 1. The summed E-state index contributed by atoms with van der Waals surface area (Å²) >= 11 is 3.75.